The van der Waals surface area contributed by atoms with Gasteiger partial charge in [-0.3, -0.25) is 0 Å². The van der Waals surface area contributed by atoms with E-state index < -0.39 is 12.1 Å². The number of aliphatic hydroxyl groups excluding tert-OH is 1. The van der Waals surface area contributed by atoms with Gasteiger partial charge in [-0.2, -0.15) is 0 Å². The first-order chi connectivity index (χ1) is 18.0. The number of aromatic carboxylic acids is 1. The van der Waals surface area contributed by atoms with E-state index in [0.29, 0.717) is 17.7 Å². The standard InChI is InChI=1S/C31H39NO6/c1-20-13-23(11-12-27(20)30(34)35)29-10-8-7-9-28(29)21(2)38-19-24(33)18-32-31(3,4)17-22-14-25(36-5)16-26(15-22)37-6/h7-16,21,24,32-33H,17-19H2,1-6H3,(H,34,35)/t21-,24-/m1/s1. The van der Waals surface area contributed by atoms with Gasteiger partial charge in [-0.25, -0.2) is 4.79 Å². The summed E-state index contributed by atoms with van der Waals surface area (Å²) in [6.07, 6.45) is -0.240. The molecule has 3 N–H and O–H groups in total. The second-order valence-electron chi connectivity index (χ2n) is 10.2. The number of rotatable bonds is 13. The van der Waals surface area contributed by atoms with E-state index in [2.05, 4.69) is 19.2 Å². The molecular weight excluding hydrogens is 482 g/mol. The lowest BCUT2D eigenvalue weighted by Crippen LogP contribution is -2.46. The minimum atomic E-state index is -0.937. The van der Waals surface area contributed by atoms with E-state index in [0.717, 1.165) is 40.2 Å². The molecule has 0 unspecified atom stereocenters. The van der Waals surface area contributed by atoms with Crippen molar-refractivity contribution >= 4 is 5.97 Å². The first kappa shape index (κ1) is 29.2. The molecule has 3 aromatic carbocycles. The molecule has 0 aliphatic rings. The molecule has 0 bridgehead atoms. The number of β-amino-alcohol motifs (C(OH)–C–C–N with tert-alkyl or cyclic N) is 1. The maximum absolute atomic E-state index is 11.4. The van der Waals surface area contributed by atoms with E-state index in [1.807, 2.05) is 61.5 Å². The average Bonchev–Trinajstić information content (AvgIpc) is 2.89. The number of nitrogens with one attached hydrogen (secondary N) is 1. The Balaban J connectivity index is 1.59. The van der Waals surface area contributed by atoms with Crippen molar-refractivity contribution in [3.8, 4) is 22.6 Å². The number of benzene rings is 3. The highest BCUT2D eigenvalue weighted by Gasteiger charge is 2.21. The van der Waals surface area contributed by atoms with Crippen molar-refractivity contribution in [1.82, 2.24) is 5.32 Å². The number of ether oxygens (including phenoxy) is 3. The van der Waals surface area contributed by atoms with Crippen molar-refractivity contribution in [2.24, 2.45) is 0 Å². The molecule has 0 fully saturated rings. The monoisotopic (exact) mass is 521 g/mol. The lowest BCUT2D eigenvalue weighted by atomic mass is 9.94. The Morgan fingerprint density at radius 2 is 1.66 bits per heavy atom. The highest BCUT2D eigenvalue weighted by molar-refractivity contribution is 5.90. The zero-order valence-electron chi connectivity index (χ0n) is 23.1. The minimum absolute atomic E-state index is 0.169. The number of aryl methyl sites for hydroxylation is 1. The van der Waals surface area contributed by atoms with Crippen LogP contribution < -0.4 is 14.8 Å². The molecule has 0 aromatic heterocycles. The summed E-state index contributed by atoms with van der Waals surface area (Å²) in [5.41, 5.74) is 4.66. The highest BCUT2D eigenvalue weighted by atomic mass is 16.5. The maximum atomic E-state index is 11.4. The lowest BCUT2D eigenvalue weighted by molar-refractivity contribution is -0.00397. The van der Waals surface area contributed by atoms with Gasteiger partial charge in [0.25, 0.3) is 0 Å². The Kier molecular flexibility index (Phi) is 9.91. The molecule has 0 spiro atoms. The third kappa shape index (κ3) is 7.81. The number of aliphatic hydroxyl groups is 1. The third-order valence-corrected chi connectivity index (χ3v) is 6.58. The first-order valence-electron chi connectivity index (χ1n) is 12.7. The zero-order valence-corrected chi connectivity index (χ0v) is 23.1. The summed E-state index contributed by atoms with van der Waals surface area (Å²) in [7, 11) is 3.27. The fraction of sp³-hybridized carbons (Fsp3) is 0.387. The molecule has 0 saturated carbocycles. The molecule has 2 atom stereocenters. The van der Waals surface area contributed by atoms with Crippen LogP contribution in [0.2, 0.25) is 0 Å². The van der Waals surface area contributed by atoms with Crippen LogP contribution in [0.4, 0.5) is 0 Å². The number of carboxylic acid groups (broad SMARTS) is 1. The molecular formula is C31H39NO6. The molecule has 0 amide bonds. The van der Waals surface area contributed by atoms with E-state index in [1.54, 1.807) is 27.2 Å². The van der Waals surface area contributed by atoms with Crippen molar-refractivity contribution in [2.45, 2.75) is 51.9 Å². The SMILES string of the molecule is COc1cc(CC(C)(C)NC[C@@H](O)CO[C@H](C)c2ccccc2-c2ccc(C(=O)O)c(C)c2)cc(OC)c1. The largest absolute Gasteiger partial charge is 0.497 e. The third-order valence-electron chi connectivity index (χ3n) is 6.58. The molecule has 0 aliphatic carbocycles. The Bertz CT molecular complexity index is 1220. The van der Waals surface area contributed by atoms with Gasteiger partial charge in [0, 0.05) is 18.2 Å². The second kappa shape index (κ2) is 12.9. The number of hydrogen-bond donors (Lipinski definition) is 3. The smallest absolute Gasteiger partial charge is 0.335 e. The summed E-state index contributed by atoms with van der Waals surface area (Å²) in [5.74, 6) is 0.546. The predicted octanol–water partition coefficient (Wildman–Crippen LogP) is 5.43. The molecule has 0 saturated heterocycles. The fourth-order valence-corrected chi connectivity index (χ4v) is 4.53. The Morgan fingerprint density at radius 1 is 1.00 bits per heavy atom. The van der Waals surface area contributed by atoms with Gasteiger partial charge in [-0.15, -0.1) is 0 Å². The number of hydrogen-bond acceptors (Lipinski definition) is 6. The molecule has 3 aromatic rings. The van der Waals surface area contributed by atoms with Crippen LogP contribution in [0.25, 0.3) is 11.1 Å². The average molecular weight is 522 g/mol. The van der Waals surface area contributed by atoms with Crippen LogP contribution in [0.15, 0.2) is 60.7 Å². The molecule has 7 heteroatoms. The lowest BCUT2D eigenvalue weighted by Gasteiger charge is -2.29. The summed E-state index contributed by atoms with van der Waals surface area (Å²) in [6.45, 7) is 8.47. The Hall–Kier alpha value is -3.39. The van der Waals surface area contributed by atoms with E-state index in [-0.39, 0.29) is 18.2 Å². The quantitative estimate of drug-likeness (QED) is 0.276. The van der Waals surface area contributed by atoms with Gasteiger partial charge in [0.1, 0.15) is 11.5 Å². The van der Waals surface area contributed by atoms with E-state index in [4.69, 9.17) is 14.2 Å². The van der Waals surface area contributed by atoms with Crippen LogP contribution in [0.3, 0.4) is 0 Å². The van der Waals surface area contributed by atoms with Crippen LogP contribution >= 0.6 is 0 Å². The van der Waals surface area contributed by atoms with Crippen molar-refractivity contribution < 1.29 is 29.2 Å². The fourth-order valence-electron chi connectivity index (χ4n) is 4.53. The molecule has 3 rings (SSSR count). The Labute approximate surface area is 225 Å². The number of carbonyl (C=O) groups is 1. The summed E-state index contributed by atoms with van der Waals surface area (Å²) >= 11 is 0. The van der Waals surface area contributed by atoms with Gasteiger partial charge in [0.2, 0.25) is 0 Å². The summed E-state index contributed by atoms with van der Waals surface area (Å²) < 4.78 is 16.8. The highest BCUT2D eigenvalue weighted by Crippen LogP contribution is 2.31. The van der Waals surface area contributed by atoms with E-state index >= 15 is 0 Å². The van der Waals surface area contributed by atoms with Crippen LogP contribution in [0, 0.1) is 6.92 Å². The molecule has 0 aliphatic heterocycles. The van der Waals surface area contributed by atoms with Crippen LogP contribution in [-0.2, 0) is 11.2 Å². The van der Waals surface area contributed by atoms with Gasteiger partial charge >= 0.3 is 5.97 Å². The molecule has 38 heavy (non-hydrogen) atoms. The van der Waals surface area contributed by atoms with Gasteiger partial charge in [-0.1, -0.05) is 36.4 Å². The van der Waals surface area contributed by atoms with Crippen molar-refractivity contribution in [2.75, 3.05) is 27.4 Å². The number of methoxy groups -OCH3 is 2. The van der Waals surface area contributed by atoms with Crippen molar-refractivity contribution in [3.63, 3.8) is 0 Å². The summed E-state index contributed by atoms with van der Waals surface area (Å²) in [6, 6.07) is 19.0. The van der Waals surface area contributed by atoms with Crippen LogP contribution in [0.5, 0.6) is 11.5 Å². The minimum Gasteiger partial charge on any atom is -0.497 e. The molecule has 7 nitrogen and oxygen atoms in total. The van der Waals surface area contributed by atoms with E-state index in [9.17, 15) is 15.0 Å². The maximum Gasteiger partial charge on any atom is 0.335 e. The Morgan fingerprint density at radius 3 is 2.26 bits per heavy atom. The normalized spacial score (nSPS) is 13.1. The molecule has 0 heterocycles. The van der Waals surface area contributed by atoms with Gasteiger partial charge in [0.15, 0.2) is 0 Å². The van der Waals surface area contributed by atoms with Gasteiger partial charge < -0.3 is 29.7 Å². The predicted molar refractivity (Wildman–Crippen MR) is 149 cm³/mol. The summed E-state index contributed by atoms with van der Waals surface area (Å²) in [5, 5.41) is 23.4. The van der Waals surface area contributed by atoms with Gasteiger partial charge in [-0.05, 0) is 80.1 Å². The second-order valence-corrected chi connectivity index (χ2v) is 10.2. The van der Waals surface area contributed by atoms with Crippen molar-refractivity contribution in [1.29, 1.82) is 0 Å². The number of carboxylic acids is 1. The van der Waals surface area contributed by atoms with Gasteiger partial charge in [0.05, 0.1) is 38.6 Å². The van der Waals surface area contributed by atoms with Crippen molar-refractivity contribution in [3.05, 3.63) is 82.9 Å². The van der Waals surface area contributed by atoms with Crippen LogP contribution in [-0.4, -0.2) is 55.2 Å². The topological polar surface area (TPSA) is 97.2 Å². The molecule has 0 radical (unpaired) electrons. The van der Waals surface area contributed by atoms with E-state index in [1.165, 1.54) is 0 Å². The molecule has 204 valence electrons. The zero-order chi connectivity index (χ0) is 27.9. The first-order valence-corrected chi connectivity index (χ1v) is 12.7. The van der Waals surface area contributed by atoms with Crippen LogP contribution in [0.1, 0.15) is 53.9 Å². The summed E-state index contributed by atoms with van der Waals surface area (Å²) in [4.78, 5) is 11.4.